The molecular weight excluding hydrogens is 216 g/mol. The van der Waals surface area contributed by atoms with Gasteiger partial charge in [-0.2, -0.15) is 0 Å². The number of hydrogen-bond acceptors (Lipinski definition) is 3. The molecule has 0 heterocycles. The van der Waals surface area contributed by atoms with Crippen LogP contribution in [0.2, 0.25) is 0 Å². The third-order valence-corrected chi connectivity index (χ3v) is 3.58. The zero-order valence-electron chi connectivity index (χ0n) is 10.7. The van der Waals surface area contributed by atoms with E-state index in [2.05, 4.69) is 6.92 Å². The third kappa shape index (κ3) is 2.00. The van der Waals surface area contributed by atoms with Crippen molar-refractivity contribution in [2.24, 2.45) is 5.92 Å². The molecule has 1 saturated carbocycles. The van der Waals surface area contributed by atoms with Gasteiger partial charge in [0.2, 0.25) is 0 Å². The number of benzene rings is 1. The molecule has 1 N–H and O–H groups in total. The highest BCUT2D eigenvalue weighted by molar-refractivity contribution is 5.51. The predicted molar refractivity (Wildman–Crippen MR) is 66.5 cm³/mol. The highest BCUT2D eigenvalue weighted by atomic mass is 16.5. The van der Waals surface area contributed by atoms with Crippen LogP contribution >= 0.6 is 0 Å². The molecule has 0 aliphatic heterocycles. The van der Waals surface area contributed by atoms with Gasteiger partial charge in [-0.1, -0.05) is 25.5 Å². The van der Waals surface area contributed by atoms with Crippen LogP contribution in [-0.4, -0.2) is 19.3 Å². The van der Waals surface area contributed by atoms with E-state index in [4.69, 9.17) is 9.47 Å². The summed E-state index contributed by atoms with van der Waals surface area (Å²) in [6.07, 6.45) is 2.97. The molecule has 0 spiro atoms. The third-order valence-electron chi connectivity index (χ3n) is 3.58. The van der Waals surface area contributed by atoms with Crippen LogP contribution in [0.3, 0.4) is 0 Å². The highest BCUT2D eigenvalue weighted by Crippen LogP contribution is 2.57. The van der Waals surface area contributed by atoms with Gasteiger partial charge in [-0.15, -0.1) is 0 Å². The van der Waals surface area contributed by atoms with E-state index >= 15 is 0 Å². The van der Waals surface area contributed by atoms with Crippen molar-refractivity contribution in [2.75, 3.05) is 14.2 Å². The van der Waals surface area contributed by atoms with E-state index in [1.165, 1.54) is 0 Å². The van der Waals surface area contributed by atoms with E-state index in [1.807, 2.05) is 18.2 Å². The summed E-state index contributed by atoms with van der Waals surface area (Å²) in [5.74, 6) is 1.70. The Morgan fingerprint density at radius 3 is 2.71 bits per heavy atom. The van der Waals surface area contributed by atoms with Crippen LogP contribution in [0.25, 0.3) is 0 Å². The van der Waals surface area contributed by atoms with Gasteiger partial charge in [-0.3, -0.25) is 0 Å². The fourth-order valence-electron chi connectivity index (χ4n) is 2.56. The first-order chi connectivity index (χ1) is 8.17. The van der Waals surface area contributed by atoms with Crippen LogP contribution in [0.15, 0.2) is 18.2 Å². The van der Waals surface area contributed by atoms with Gasteiger partial charge in [0, 0.05) is 5.56 Å². The second kappa shape index (κ2) is 4.57. The Bertz CT molecular complexity index is 402. The Labute approximate surface area is 102 Å². The summed E-state index contributed by atoms with van der Waals surface area (Å²) in [7, 11) is 3.23. The van der Waals surface area contributed by atoms with Crippen LogP contribution in [0.4, 0.5) is 0 Å². The van der Waals surface area contributed by atoms with Crippen molar-refractivity contribution in [3.05, 3.63) is 23.8 Å². The van der Waals surface area contributed by atoms with Gasteiger partial charge in [0.1, 0.15) is 0 Å². The van der Waals surface area contributed by atoms with E-state index in [-0.39, 0.29) is 0 Å². The van der Waals surface area contributed by atoms with Crippen molar-refractivity contribution in [2.45, 2.75) is 31.8 Å². The minimum Gasteiger partial charge on any atom is -0.493 e. The van der Waals surface area contributed by atoms with E-state index in [0.717, 1.165) is 24.8 Å². The van der Waals surface area contributed by atoms with E-state index in [1.54, 1.807) is 14.2 Å². The average molecular weight is 236 g/mol. The van der Waals surface area contributed by atoms with Crippen molar-refractivity contribution in [3.8, 4) is 11.5 Å². The van der Waals surface area contributed by atoms with Crippen LogP contribution in [0, 0.1) is 5.92 Å². The summed E-state index contributed by atoms with van der Waals surface area (Å²) >= 11 is 0. The maximum atomic E-state index is 10.6. The zero-order chi connectivity index (χ0) is 12.5. The molecule has 0 amide bonds. The molecule has 2 atom stereocenters. The Balaban J connectivity index is 2.33. The second-order valence-corrected chi connectivity index (χ2v) is 4.66. The van der Waals surface area contributed by atoms with Crippen molar-refractivity contribution >= 4 is 0 Å². The fourth-order valence-corrected chi connectivity index (χ4v) is 2.56. The molecule has 0 aromatic heterocycles. The van der Waals surface area contributed by atoms with Crippen molar-refractivity contribution in [3.63, 3.8) is 0 Å². The summed E-state index contributed by atoms with van der Waals surface area (Å²) in [5, 5.41) is 10.6. The maximum absolute atomic E-state index is 10.6. The molecule has 0 radical (unpaired) electrons. The summed E-state index contributed by atoms with van der Waals surface area (Å²) in [6.45, 7) is 2.14. The van der Waals surface area contributed by atoms with Crippen LogP contribution < -0.4 is 9.47 Å². The van der Waals surface area contributed by atoms with Gasteiger partial charge in [-0.05, 0) is 24.8 Å². The van der Waals surface area contributed by atoms with Crippen LogP contribution in [0.5, 0.6) is 11.5 Å². The summed E-state index contributed by atoms with van der Waals surface area (Å²) in [6, 6.07) is 5.68. The molecule has 1 fully saturated rings. The second-order valence-electron chi connectivity index (χ2n) is 4.66. The first-order valence-electron chi connectivity index (χ1n) is 6.11. The molecule has 2 unspecified atom stereocenters. The Morgan fingerprint density at radius 2 is 2.12 bits per heavy atom. The summed E-state index contributed by atoms with van der Waals surface area (Å²) in [4.78, 5) is 0. The van der Waals surface area contributed by atoms with Crippen molar-refractivity contribution < 1.29 is 14.6 Å². The van der Waals surface area contributed by atoms with Gasteiger partial charge in [0.15, 0.2) is 11.5 Å². The molecule has 3 nitrogen and oxygen atoms in total. The van der Waals surface area contributed by atoms with E-state index in [0.29, 0.717) is 17.4 Å². The van der Waals surface area contributed by atoms with Gasteiger partial charge < -0.3 is 14.6 Å². The lowest BCUT2D eigenvalue weighted by Gasteiger charge is -2.17. The highest BCUT2D eigenvalue weighted by Gasteiger charge is 2.54. The molecule has 1 aliphatic carbocycles. The number of methoxy groups -OCH3 is 2. The number of para-hydroxylation sites is 1. The lowest BCUT2D eigenvalue weighted by Crippen LogP contribution is -2.11. The van der Waals surface area contributed by atoms with E-state index in [9.17, 15) is 5.11 Å². The largest absolute Gasteiger partial charge is 0.493 e. The van der Waals surface area contributed by atoms with Crippen molar-refractivity contribution in [1.82, 2.24) is 0 Å². The molecule has 0 bridgehead atoms. The van der Waals surface area contributed by atoms with Crippen LogP contribution in [-0.2, 0) is 5.60 Å². The Hall–Kier alpha value is -1.22. The van der Waals surface area contributed by atoms with Gasteiger partial charge in [-0.25, -0.2) is 0 Å². The maximum Gasteiger partial charge on any atom is 0.166 e. The number of hydrogen-bond donors (Lipinski definition) is 1. The van der Waals surface area contributed by atoms with Gasteiger partial charge >= 0.3 is 0 Å². The van der Waals surface area contributed by atoms with E-state index < -0.39 is 5.60 Å². The number of ether oxygens (including phenoxy) is 2. The molecule has 17 heavy (non-hydrogen) atoms. The quantitative estimate of drug-likeness (QED) is 0.854. The summed E-state index contributed by atoms with van der Waals surface area (Å²) < 4.78 is 10.6. The fraction of sp³-hybridized carbons (Fsp3) is 0.571. The van der Waals surface area contributed by atoms with Crippen molar-refractivity contribution in [1.29, 1.82) is 0 Å². The summed E-state index contributed by atoms with van der Waals surface area (Å²) in [5.41, 5.74) is 0.147. The monoisotopic (exact) mass is 236 g/mol. The lowest BCUT2D eigenvalue weighted by molar-refractivity contribution is 0.125. The number of aliphatic hydroxyl groups is 1. The average Bonchev–Trinajstić information content (AvgIpc) is 3.00. The molecule has 1 aromatic carbocycles. The minimum atomic E-state index is -0.712. The smallest absolute Gasteiger partial charge is 0.166 e. The SMILES string of the molecule is CCCC1CC1(O)c1cccc(OC)c1OC. The Morgan fingerprint density at radius 1 is 1.35 bits per heavy atom. The molecule has 2 rings (SSSR count). The molecule has 0 saturated heterocycles. The van der Waals surface area contributed by atoms with Gasteiger partial charge in [0.25, 0.3) is 0 Å². The standard InChI is InChI=1S/C14H20O3/c1-4-6-10-9-14(10,15)11-7-5-8-12(16-2)13(11)17-3/h5,7-8,10,15H,4,6,9H2,1-3H3. The van der Waals surface area contributed by atoms with Crippen LogP contribution in [0.1, 0.15) is 31.7 Å². The van der Waals surface area contributed by atoms with Gasteiger partial charge in [0.05, 0.1) is 19.8 Å². The normalized spacial score (nSPS) is 26.7. The first-order valence-corrected chi connectivity index (χ1v) is 6.11. The molecule has 1 aliphatic rings. The minimum absolute atomic E-state index is 0.355. The molecule has 94 valence electrons. The zero-order valence-corrected chi connectivity index (χ0v) is 10.7. The first kappa shape index (κ1) is 12.2. The predicted octanol–water partition coefficient (Wildman–Crippen LogP) is 2.71. The molecule has 3 heteroatoms. The topological polar surface area (TPSA) is 38.7 Å². The lowest BCUT2D eigenvalue weighted by atomic mass is 10.0. The number of rotatable bonds is 5. The molecular formula is C14H20O3. The molecule has 1 aromatic rings. The Kier molecular flexibility index (Phi) is 3.29.